The molecule has 0 saturated heterocycles. The fourth-order valence-electron chi connectivity index (χ4n) is 3.03. The van der Waals surface area contributed by atoms with Gasteiger partial charge in [-0.05, 0) is 62.8 Å². The zero-order chi connectivity index (χ0) is 21.3. The normalized spacial score (nSPS) is 17.0. The SMILES string of the molecule is C/C(=C\N=C(/S)NC(=O)C1CC1)n1cc(-c2cc(C(=O)NC3CC3)ccc2C)cn1. The number of nitrogens with zero attached hydrogens (tertiary/aromatic N) is 3. The zero-order valence-corrected chi connectivity index (χ0v) is 17.9. The van der Waals surface area contributed by atoms with Gasteiger partial charge in [0.05, 0.1) is 18.1 Å². The second-order valence-electron chi connectivity index (χ2n) is 7.94. The minimum atomic E-state index is -0.0360. The number of hydrogen-bond donors (Lipinski definition) is 3. The molecule has 0 bridgehead atoms. The van der Waals surface area contributed by atoms with Gasteiger partial charge in [0, 0.05) is 29.3 Å². The topological polar surface area (TPSA) is 88.4 Å². The lowest BCUT2D eigenvalue weighted by Gasteiger charge is -2.08. The highest BCUT2D eigenvalue weighted by Crippen LogP contribution is 2.29. The van der Waals surface area contributed by atoms with Crippen molar-refractivity contribution in [2.24, 2.45) is 10.9 Å². The summed E-state index contributed by atoms with van der Waals surface area (Å²) in [6, 6.07) is 6.04. The molecule has 0 radical (unpaired) electrons. The number of aliphatic imine (C=N–C) groups is 1. The molecule has 2 amide bonds. The van der Waals surface area contributed by atoms with E-state index in [4.69, 9.17) is 0 Å². The smallest absolute Gasteiger partial charge is 0.251 e. The highest BCUT2D eigenvalue weighted by molar-refractivity contribution is 7.96. The number of amidine groups is 1. The maximum Gasteiger partial charge on any atom is 0.251 e. The number of hydrogen-bond acceptors (Lipinski definition) is 4. The number of allylic oxidation sites excluding steroid dienone is 1. The first kappa shape index (κ1) is 20.4. The molecule has 1 heterocycles. The van der Waals surface area contributed by atoms with Gasteiger partial charge in [-0.1, -0.05) is 6.07 Å². The van der Waals surface area contributed by atoms with Crippen LogP contribution in [0.4, 0.5) is 0 Å². The Bertz CT molecular complexity index is 1050. The minimum absolute atomic E-state index is 0.0303. The summed E-state index contributed by atoms with van der Waals surface area (Å²) in [4.78, 5) is 28.3. The van der Waals surface area contributed by atoms with Gasteiger partial charge in [0.15, 0.2) is 5.17 Å². The lowest BCUT2D eigenvalue weighted by molar-refractivity contribution is -0.120. The standard InChI is InChI=1S/C22H25N5O2S/c1-13-3-4-16(21(29)25-18-7-8-18)9-19(13)17-11-24-27(12-17)14(2)10-23-22(30)26-20(28)15-5-6-15/h3-4,9-12,15,18H,5-8H2,1-2H3,(H,25,29)(H2,23,26,28,30)/b14-10+. The molecule has 0 spiro atoms. The number of carbonyl (C=O) groups is 2. The summed E-state index contributed by atoms with van der Waals surface area (Å²) in [6.45, 7) is 3.88. The van der Waals surface area contributed by atoms with Crippen molar-refractivity contribution in [2.75, 3.05) is 0 Å². The van der Waals surface area contributed by atoms with E-state index in [1.54, 1.807) is 17.1 Å². The molecule has 0 unspecified atom stereocenters. The predicted molar refractivity (Wildman–Crippen MR) is 120 cm³/mol. The monoisotopic (exact) mass is 423 g/mol. The predicted octanol–water partition coefficient (Wildman–Crippen LogP) is 3.38. The summed E-state index contributed by atoms with van der Waals surface area (Å²) in [6.07, 6.45) is 9.25. The zero-order valence-electron chi connectivity index (χ0n) is 17.1. The summed E-state index contributed by atoms with van der Waals surface area (Å²) in [5, 5.41) is 10.4. The molecule has 2 aliphatic carbocycles. The average Bonchev–Trinajstić information content (AvgIpc) is 3.65. The molecule has 156 valence electrons. The molecule has 0 aliphatic heterocycles. The van der Waals surface area contributed by atoms with Crippen LogP contribution in [0.2, 0.25) is 0 Å². The summed E-state index contributed by atoms with van der Waals surface area (Å²) in [7, 11) is 0. The molecule has 0 atom stereocenters. The van der Waals surface area contributed by atoms with Crippen molar-refractivity contribution < 1.29 is 9.59 Å². The number of aromatic nitrogens is 2. The van der Waals surface area contributed by atoms with Crippen molar-refractivity contribution in [3.63, 3.8) is 0 Å². The minimum Gasteiger partial charge on any atom is -0.349 e. The first-order chi connectivity index (χ1) is 14.4. The average molecular weight is 424 g/mol. The van der Waals surface area contributed by atoms with Crippen molar-refractivity contribution in [1.29, 1.82) is 0 Å². The van der Waals surface area contributed by atoms with E-state index < -0.39 is 0 Å². The quantitative estimate of drug-likeness (QED) is 0.378. The summed E-state index contributed by atoms with van der Waals surface area (Å²) in [5.74, 6) is 0.0369. The van der Waals surface area contributed by atoms with Crippen LogP contribution >= 0.6 is 12.6 Å². The lowest BCUT2D eigenvalue weighted by atomic mass is 10.0. The Morgan fingerprint density at radius 1 is 1.27 bits per heavy atom. The van der Waals surface area contributed by atoms with E-state index >= 15 is 0 Å². The molecular weight excluding hydrogens is 398 g/mol. The molecule has 1 aromatic carbocycles. The number of amides is 2. The summed E-state index contributed by atoms with van der Waals surface area (Å²) >= 11 is 4.22. The fourth-order valence-corrected chi connectivity index (χ4v) is 3.20. The van der Waals surface area contributed by atoms with Crippen molar-refractivity contribution in [1.82, 2.24) is 20.4 Å². The Balaban J connectivity index is 1.48. The van der Waals surface area contributed by atoms with Crippen LogP contribution in [-0.2, 0) is 4.79 Å². The van der Waals surface area contributed by atoms with Crippen LogP contribution in [0, 0.1) is 12.8 Å². The van der Waals surface area contributed by atoms with Gasteiger partial charge in [-0.15, -0.1) is 12.6 Å². The van der Waals surface area contributed by atoms with Crippen LogP contribution in [0.15, 0.2) is 41.8 Å². The van der Waals surface area contributed by atoms with E-state index in [1.165, 1.54) is 0 Å². The number of aryl methyl sites for hydroxylation is 1. The van der Waals surface area contributed by atoms with Crippen LogP contribution in [-0.4, -0.2) is 32.8 Å². The maximum absolute atomic E-state index is 12.4. The fraction of sp³-hybridized carbons (Fsp3) is 0.364. The van der Waals surface area contributed by atoms with E-state index in [2.05, 4.69) is 33.4 Å². The first-order valence-electron chi connectivity index (χ1n) is 10.1. The van der Waals surface area contributed by atoms with Gasteiger partial charge in [-0.3, -0.25) is 9.59 Å². The largest absolute Gasteiger partial charge is 0.349 e. The van der Waals surface area contributed by atoms with E-state index in [0.717, 1.165) is 48.1 Å². The van der Waals surface area contributed by atoms with Crippen LogP contribution in [0.3, 0.4) is 0 Å². The molecule has 2 aliphatic rings. The third-order valence-electron chi connectivity index (χ3n) is 5.22. The van der Waals surface area contributed by atoms with Gasteiger partial charge < -0.3 is 10.6 Å². The van der Waals surface area contributed by atoms with E-state index in [0.29, 0.717) is 11.6 Å². The van der Waals surface area contributed by atoms with Crippen LogP contribution in [0.25, 0.3) is 16.8 Å². The molecule has 2 N–H and O–H groups in total. The Morgan fingerprint density at radius 3 is 2.73 bits per heavy atom. The van der Waals surface area contributed by atoms with Gasteiger partial charge in [-0.2, -0.15) is 5.10 Å². The molecule has 8 heteroatoms. The Kier molecular flexibility index (Phi) is 5.76. The third-order valence-corrected chi connectivity index (χ3v) is 5.45. The van der Waals surface area contributed by atoms with Gasteiger partial charge in [0.1, 0.15) is 0 Å². The van der Waals surface area contributed by atoms with Gasteiger partial charge in [0.25, 0.3) is 5.91 Å². The van der Waals surface area contributed by atoms with Gasteiger partial charge in [-0.25, -0.2) is 9.67 Å². The third kappa shape index (κ3) is 4.99. The van der Waals surface area contributed by atoms with Crippen molar-refractivity contribution in [2.45, 2.75) is 45.6 Å². The molecule has 30 heavy (non-hydrogen) atoms. The first-order valence-corrected chi connectivity index (χ1v) is 10.6. The van der Waals surface area contributed by atoms with Gasteiger partial charge >= 0.3 is 0 Å². The van der Waals surface area contributed by atoms with Crippen molar-refractivity contribution in [3.8, 4) is 11.1 Å². The van der Waals surface area contributed by atoms with Crippen molar-refractivity contribution in [3.05, 3.63) is 47.9 Å². The highest BCUT2D eigenvalue weighted by Gasteiger charge is 2.29. The van der Waals surface area contributed by atoms with Gasteiger partial charge in [0.2, 0.25) is 5.91 Å². The van der Waals surface area contributed by atoms with Crippen LogP contribution in [0.5, 0.6) is 0 Å². The molecule has 2 aromatic rings. The van der Waals surface area contributed by atoms with Crippen molar-refractivity contribution >= 4 is 35.3 Å². The highest BCUT2D eigenvalue weighted by atomic mass is 32.1. The number of nitrogens with one attached hydrogen (secondary N) is 2. The second kappa shape index (κ2) is 8.47. The molecule has 4 rings (SSSR count). The summed E-state index contributed by atoms with van der Waals surface area (Å²) < 4.78 is 1.71. The van der Waals surface area contributed by atoms with E-state index in [9.17, 15) is 9.59 Å². The molecule has 7 nitrogen and oxygen atoms in total. The number of rotatable bonds is 6. The summed E-state index contributed by atoms with van der Waals surface area (Å²) in [5.41, 5.74) is 4.37. The molecule has 2 fully saturated rings. The van der Waals surface area contributed by atoms with E-state index in [1.807, 2.05) is 38.2 Å². The Labute approximate surface area is 181 Å². The molecular formula is C22H25N5O2S. The van der Waals surface area contributed by atoms with Crippen LogP contribution in [0.1, 0.15) is 48.5 Å². The Morgan fingerprint density at radius 2 is 2.03 bits per heavy atom. The van der Waals surface area contributed by atoms with Crippen LogP contribution < -0.4 is 10.6 Å². The number of benzene rings is 1. The number of thiol groups is 1. The Hall–Kier alpha value is -2.87. The lowest BCUT2D eigenvalue weighted by Crippen LogP contribution is -2.28. The van der Waals surface area contributed by atoms with E-state index in [-0.39, 0.29) is 22.9 Å². The second-order valence-corrected chi connectivity index (χ2v) is 8.36. The molecule has 2 saturated carbocycles. The number of carbonyl (C=O) groups excluding carboxylic acids is 2. The maximum atomic E-state index is 12.4. The molecule has 1 aromatic heterocycles.